The monoisotopic (exact) mass is 444 g/mol. The molecule has 0 saturated heterocycles. The summed E-state index contributed by atoms with van der Waals surface area (Å²) < 4.78 is 1.12. The van der Waals surface area contributed by atoms with Gasteiger partial charge < -0.3 is 0 Å². The van der Waals surface area contributed by atoms with Crippen LogP contribution in [-0.2, 0) is 5.41 Å². The first kappa shape index (κ1) is 16.6. The van der Waals surface area contributed by atoms with Crippen LogP contribution in [0, 0.1) is 0 Å². The SMILES string of the molecule is Brc1ccc2c(c1)-c1ccccc1C21c2ccccc2-c2cc3ccccc3cc21. The van der Waals surface area contributed by atoms with Gasteiger partial charge in [0.2, 0.25) is 0 Å². The Labute approximate surface area is 184 Å². The van der Waals surface area contributed by atoms with Crippen molar-refractivity contribution in [3.05, 3.63) is 130 Å². The standard InChI is InChI=1S/C29H17Br/c30-20-13-14-27-24(17-20)22-10-4-6-12-26(22)29(27)25-11-5-3-9-21(25)23-15-18-7-1-2-8-19(18)16-28(23)29/h1-17H. The van der Waals surface area contributed by atoms with E-state index in [0.717, 1.165) is 4.47 Å². The fraction of sp³-hybridized carbons (Fsp3) is 0.0345. The molecule has 0 aliphatic heterocycles. The van der Waals surface area contributed by atoms with E-state index in [0.29, 0.717) is 0 Å². The lowest BCUT2D eigenvalue weighted by Crippen LogP contribution is -2.25. The second-order valence-electron chi connectivity index (χ2n) is 8.28. The topological polar surface area (TPSA) is 0 Å². The van der Waals surface area contributed by atoms with E-state index in [2.05, 4.69) is 119 Å². The van der Waals surface area contributed by atoms with E-state index < -0.39 is 0 Å². The van der Waals surface area contributed by atoms with Crippen LogP contribution in [0.3, 0.4) is 0 Å². The maximum Gasteiger partial charge on any atom is 0.0725 e. The van der Waals surface area contributed by atoms with E-state index in [9.17, 15) is 0 Å². The van der Waals surface area contributed by atoms with Gasteiger partial charge in [-0.3, -0.25) is 0 Å². The molecule has 0 aromatic heterocycles. The zero-order chi connectivity index (χ0) is 19.9. The molecule has 1 spiro atoms. The van der Waals surface area contributed by atoms with Gasteiger partial charge in [0, 0.05) is 4.47 Å². The molecule has 0 nitrogen and oxygen atoms in total. The molecule has 0 saturated carbocycles. The molecule has 30 heavy (non-hydrogen) atoms. The predicted octanol–water partition coefficient (Wildman–Crippen LogP) is 7.95. The summed E-state index contributed by atoms with van der Waals surface area (Å²) in [5, 5.41) is 2.59. The van der Waals surface area contributed by atoms with E-state index in [1.54, 1.807) is 0 Å². The van der Waals surface area contributed by atoms with Crippen molar-refractivity contribution in [2.75, 3.05) is 0 Å². The Morgan fingerprint density at radius 1 is 0.433 bits per heavy atom. The molecule has 0 bridgehead atoms. The van der Waals surface area contributed by atoms with Gasteiger partial charge in [-0.2, -0.15) is 0 Å². The summed E-state index contributed by atoms with van der Waals surface area (Å²) in [5.41, 5.74) is 10.7. The molecular weight excluding hydrogens is 428 g/mol. The fourth-order valence-electron chi connectivity index (χ4n) is 5.80. The molecule has 140 valence electrons. The van der Waals surface area contributed by atoms with Crippen molar-refractivity contribution in [2.24, 2.45) is 0 Å². The van der Waals surface area contributed by atoms with Gasteiger partial charge in [-0.1, -0.05) is 94.8 Å². The van der Waals surface area contributed by atoms with Crippen molar-refractivity contribution in [1.82, 2.24) is 0 Å². The third-order valence-corrected chi connectivity index (χ3v) is 7.41. The van der Waals surface area contributed by atoms with Gasteiger partial charge in [0.05, 0.1) is 5.41 Å². The third kappa shape index (κ3) is 1.87. The summed E-state index contributed by atoms with van der Waals surface area (Å²) in [6, 6.07) is 38.2. The maximum atomic E-state index is 3.71. The molecule has 0 heterocycles. The van der Waals surface area contributed by atoms with Gasteiger partial charge in [0.1, 0.15) is 0 Å². The average Bonchev–Trinajstić information content (AvgIpc) is 3.24. The van der Waals surface area contributed by atoms with Crippen molar-refractivity contribution in [2.45, 2.75) is 5.41 Å². The highest BCUT2D eigenvalue weighted by Crippen LogP contribution is 2.63. The van der Waals surface area contributed by atoms with Gasteiger partial charge in [-0.05, 0) is 79.5 Å². The molecule has 1 unspecified atom stereocenters. The van der Waals surface area contributed by atoms with Crippen molar-refractivity contribution in [1.29, 1.82) is 0 Å². The molecule has 5 aromatic carbocycles. The van der Waals surface area contributed by atoms with Crippen LogP contribution >= 0.6 is 15.9 Å². The second-order valence-corrected chi connectivity index (χ2v) is 9.19. The van der Waals surface area contributed by atoms with Crippen LogP contribution in [0.1, 0.15) is 22.3 Å². The average molecular weight is 445 g/mol. The Morgan fingerprint density at radius 3 is 1.67 bits per heavy atom. The highest BCUT2D eigenvalue weighted by molar-refractivity contribution is 9.10. The van der Waals surface area contributed by atoms with Crippen LogP contribution in [0.25, 0.3) is 33.0 Å². The number of hydrogen-bond donors (Lipinski definition) is 0. The molecule has 1 heteroatoms. The number of hydrogen-bond acceptors (Lipinski definition) is 0. The number of fused-ring (bicyclic) bond motifs is 11. The van der Waals surface area contributed by atoms with Gasteiger partial charge >= 0.3 is 0 Å². The van der Waals surface area contributed by atoms with Crippen LogP contribution in [0.2, 0.25) is 0 Å². The smallest absolute Gasteiger partial charge is 0.0619 e. The Kier molecular flexibility index (Phi) is 3.16. The molecule has 5 aromatic rings. The zero-order valence-electron chi connectivity index (χ0n) is 16.2. The van der Waals surface area contributed by atoms with Crippen LogP contribution in [-0.4, -0.2) is 0 Å². The van der Waals surface area contributed by atoms with E-state index in [1.807, 2.05) is 0 Å². The maximum absolute atomic E-state index is 3.71. The molecule has 7 rings (SSSR count). The normalized spacial score (nSPS) is 17.6. The first-order valence-corrected chi connectivity index (χ1v) is 11.1. The number of benzene rings is 5. The highest BCUT2D eigenvalue weighted by Gasteiger charge is 2.51. The van der Waals surface area contributed by atoms with E-state index in [4.69, 9.17) is 0 Å². The molecule has 2 aliphatic rings. The first-order valence-electron chi connectivity index (χ1n) is 10.3. The Morgan fingerprint density at radius 2 is 0.967 bits per heavy atom. The summed E-state index contributed by atoms with van der Waals surface area (Å²) >= 11 is 3.71. The minimum atomic E-state index is -0.261. The van der Waals surface area contributed by atoms with Crippen LogP contribution in [0.5, 0.6) is 0 Å². The lowest BCUT2D eigenvalue weighted by atomic mass is 9.70. The molecule has 0 radical (unpaired) electrons. The number of rotatable bonds is 0. The van der Waals surface area contributed by atoms with Crippen molar-refractivity contribution in [3.8, 4) is 22.3 Å². The van der Waals surface area contributed by atoms with Crippen molar-refractivity contribution < 1.29 is 0 Å². The van der Waals surface area contributed by atoms with Crippen LogP contribution in [0.4, 0.5) is 0 Å². The van der Waals surface area contributed by atoms with E-state index >= 15 is 0 Å². The second kappa shape index (κ2) is 5.71. The highest BCUT2D eigenvalue weighted by atomic mass is 79.9. The molecule has 0 N–H and O–H groups in total. The van der Waals surface area contributed by atoms with Crippen molar-refractivity contribution >= 4 is 26.7 Å². The summed E-state index contributed by atoms with van der Waals surface area (Å²) in [5.74, 6) is 0. The van der Waals surface area contributed by atoms with Gasteiger partial charge in [0.25, 0.3) is 0 Å². The third-order valence-electron chi connectivity index (χ3n) is 6.92. The molecule has 0 amide bonds. The predicted molar refractivity (Wildman–Crippen MR) is 128 cm³/mol. The minimum absolute atomic E-state index is 0.261. The lowest BCUT2D eigenvalue weighted by molar-refractivity contribution is 0.795. The molecule has 1 atom stereocenters. The van der Waals surface area contributed by atoms with Gasteiger partial charge in [0.15, 0.2) is 0 Å². The lowest BCUT2D eigenvalue weighted by Gasteiger charge is -2.30. The van der Waals surface area contributed by atoms with Gasteiger partial charge in [-0.15, -0.1) is 0 Å². The van der Waals surface area contributed by atoms with E-state index in [1.165, 1.54) is 55.3 Å². The molecule has 0 fully saturated rings. The minimum Gasteiger partial charge on any atom is -0.0619 e. The Bertz CT molecular complexity index is 1510. The van der Waals surface area contributed by atoms with E-state index in [-0.39, 0.29) is 5.41 Å². The summed E-state index contributed by atoms with van der Waals surface area (Å²) in [6.07, 6.45) is 0. The summed E-state index contributed by atoms with van der Waals surface area (Å²) in [6.45, 7) is 0. The Hall–Kier alpha value is -3.16. The number of halogens is 1. The quantitative estimate of drug-likeness (QED) is 0.222. The first-order chi connectivity index (χ1) is 14.8. The molecule has 2 aliphatic carbocycles. The largest absolute Gasteiger partial charge is 0.0725 e. The zero-order valence-corrected chi connectivity index (χ0v) is 17.8. The molecular formula is C29H17Br. The summed E-state index contributed by atoms with van der Waals surface area (Å²) in [4.78, 5) is 0. The van der Waals surface area contributed by atoms with Crippen LogP contribution < -0.4 is 0 Å². The Balaban J connectivity index is 1.73. The fourth-order valence-corrected chi connectivity index (χ4v) is 6.16. The summed E-state index contributed by atoms with van der Waals surface area (Å²) in [7, 11) is 0. The van der Waals surface area contributed by atoms with Crippen LogP contribution in [0.15, 0.2) is 108 Å². The van der Waals surface area contributed by atoms with Gasteiger partial charge in [-0.25, -0.2) is 0 Å². The van der Waals surface area contributed by atoms with Crippen molar-refractivity contribution in [3.63, 3.8) is 0 Å².